The first-order valence-corrected chi connectivity index (χ1v) is 14.6. The van der Waals surface area contributed by atoms with Crippen molar-refractivity contribution in [2.24, 2.45) is 10.9 Å². The summed E-state index contributed by atoms with van der Waals surface area (Å²) in [5, 5.41) is 6.44. The van der Waals surface area contributed by atoms with Crippen LogP contribution in [0.2, 0.25) is 5.02 Å². The highest BCUT2D eigenvalue weighted by Gasteiger charge is 2.29. The van der Waals surface area contributed by atoms with E-state index in [1.807, 2.05) is 95.8 Å². The van der Waals surface area contributed by atoms with Crippen molar-refractivity contribution in [2.75, 3.05) is 13.1 Å². The van der Waals surface area contributed by atoms with Gasteiger partial charge in [0, 0.05) is 35.4 Å². The molecule has 0 saturated carbocycles. The molecule has 3 heterocycles. The summed E-state index contributed by atoms with van der Waals surface area (Å²) in [6, 6.07) is 25.5. The van der Waals surface area contributed by atoms with Crippen LogP contribution in [0.3, 0.4) is 0 Å². The molecule has 1 atom stereocenters. The van der Waals surface area contributed by atoms with E-state index in [4.69, 9.17) is 21.4 Å². The molecule has 8 heteroatoms. The summed E-state index contributed by atoms with van der Waals surface area (Å²) in [4.78, 5) is 20.2. The van der Waals surface area contributed by atoms with Crippen molar-refractivity contribution in [1.29, 1.82) is 0 Å². The van der Waals surface area contributed by atoms with Crippen LogP contribution in [-0.2, 0) is 11.4 Å². The second-order valence-electron chi connectivity index (χ2n) is 10.2. The number of piperidine rings is 1. The van der Waals surface area contributed by atoms with E-state index >= 15 is 0 Å². The maximum Gasteiger partial charge on any atom is 0.286 e. The first-order valence-electron chi connectivity index (χ1n) is 13.4. The third kappa shape index (κ3) is 6.01. The Kier molecular flexibility index (Phi) is 7.75. The number of para-hydroxylation sites is 1. The van der Waals surface area contributed by atoms with Gasteiger partial charge in [-0.05, 0) is 78.6 Å². The number of likely N-dealkylation sites (tertiary alicyclic amines) is 1. The summed E-state index contributed by atoms with van der Waals surface area (Å²) in [6.07, 6.45) is 6.22. The molecule has 40 heavy (non-hydrogen) atoms. The monoisotopic (exact) mass is 568 g/mol. The third-order valence-electron chi connectivity index (χ3n) is 7.01. The molecule has 6 rings (SSSR count). The molecule has 0 radical (unpaired) electrons. The highest BCUT2D eigenvalue weighted by atomic mass is 35.5. The van der Waals surface area contributed by atoms with E-state index < -0.39 is 0 Å². The predicted molar refractivity (Wildman–Crippen MR) is 163 cm³/mol. The van der Waals surface area contributed by atoms with Gasteiger partial charge in [-0.15, -0.1) is 0 Å². The van der Waals surface area contributed by atoms with Crippen LogP contribution < -0.4 is 4.74 Å². The summed E-state index contributed by atoms with van der Waals surface area (Å²) >= 11 is 7.47. The van der Waals surface area contributed by atoms with Crippen molar-refractivity contribution in [2.45, 2.75) is 26.4 Å². The second kappa shape index (κ2) is 11.7. The van der Waals surface area contributed by atoms with Gasteiger partial charge < -0.3 is 9.64 Å². The second-order valence-corrected chi connectivity index (χ2v) is 11.6. The lowest BCUT2D eigenvalue weighted by molar-refractivity contribution is -0.113. The van der Waals surface area contributed by atoms with Crippen LogP contribution in [0.1, 0.15) is 30.9 Å². The summed E-state index contributed by atoms with van der Waals surface area (Å²) in [7, 11) is 0. The number of rotatable bonds is 6. The smallest absolute Gasteiger partial charge is 0.286 e. The summed E-state index contributed by atoms with van der Waals surface area (Å²) in [5.74, 6) is 1.14. The van der Waals surface area contributed by atoms with Crippen LogP contribution in [0.25, 0.3) is 23.0 Å². The molecule has 1 amide bonds. The Morgan fingerprint density at radius 3 is 2.70 bits per heavy atom. The zero-order valence-electron chi connectivity index (χ0n) is 22.2. The predicted octanol–water partition coefficient (Wildman–Crippen LogP) is 7.47. The molecular formula is C32H29ClN4O2S. The molecule has 1 saturated heterocycles. The Morgan fingerprint density at radius 2 is 1.90 bits per heavy atom. The van der Waals surface area contributed by atoms with Crippen LogP contribution in [0.15, 0.2) is 95.0 Å². The third-order valence-corrected chi connectivity index (χ3v) is 8.31. The molecule has 0 bridgehead atoms. The van der Waals surface area contributed by atoms with Crippen molar-refractivity contribution >= 4 is 40.5 Å². The number of amides is 1. The first kappa shape index (κ1) is 26.4. The molecule has 6 nitrogen and oxygen atoms in total. The first-order chi connectivity index (χ1) is 19.5. The SMILES string of the molecule is CC1CCCN(C2=NC(=O)C(=Cc3cn(-c4ccccc4)nc3-c3cccc(OCc4ccc(Cl)cc4)c3)S2)C1. The number of thioether (sulfide) groups is 1. The van der Waals surface area contributed by atoms with Crippen LogP contribution in [-0.4, -0.2) is 38.8 Å². The van der Waals surface area contributed by atoms with Gasteiger partial charge in [-0.25, -0.2) is 4.68 Å². The number of aromatic nitrogens is 2. The Hall–Kier alpha value is -3.81. The van der Waals surface area contributed by atoms with Gasteiger partial charge >= 0.3 is 0 Å². The number of halogens is 1. The van der Waals surface area contributed by atoms with Gasteiger partial charge in [0.2, 0.25) is 0 Å². The zero-order valence-corrected chi connectivity index (χ0v) is 23.7. The average molecular weight is 569 g/mol. The van der Waals surface area contributed by atoms with E-state index in [0.717, 1.165) is 58.5 Å². The molecule has 1 fully saturated rings. The molecule has 0 aliphatic carbocycles. The lowest BCUT2D eigenvalue weighted by Crippen LogP contribution is -2.37. The summed E-state index contributed by atoms with van der Waals surface area (Å²) in [6.45, 7) is 4.56. The molecule has 202 valence electrons. The van der Waals surface area contributed by atoms with Crippen LogP contribution in [0, 0.1) is 5.92 Å². The highest BCUT2D eigenvalue weighted by molar-refractivity contribution is 8.18. The van der Waals surface area contributed by atoms with E-state index in [1.54, 1.807) is 0 Å². The van der Waals surface area contributed by atoms with Crippen molar-refractivity contribution in [3.05, 3.63) is 106 Å². The lowest BCUT2D eigenvalue weighted by atomic mass is 10.0. The zero-order chi connectivity index (χ0) is 27.5. The van der Waals surface area contributed by atoms with Gasteiger partial charge in [0.1, 0.15) is 18.1 Å². The number of nitrogens with zero attached hydrogens (tertiary/aromatic N) is 4. The maximum atomic E-state index is 13.0. The Bertz CT molecular complexity index is 1580. The number of amidine groups is 1. The fraction of sp³-hybridized carbons (Fsp3) is 0.219. The molecule has 0 spiro atoms. The number of ether oxygens (including phenoxy) is 1. The van der Waals surface area contributed by atoms with Crippen LogP contribution in [0.4, 0.5) is 0 Å². The van der Waals surface area contributed by atoms with E-state index in [-0.39, 0.29) is 5.91 Å². The average Bonchev–Trinajstić information content (AvgIpc) is 3.57. The molecule has 4 aromatic rings. The molecule has 1 unspecified atom stereocenters. The minimum atomic E-state index is -0.198. The Labute approximate surface area is 243 Å². The fourth-order valence-electron chi connectivity index (χ4n) is 4.95. The van der Waals surface area contributed by atoms with E-state index in [0.29, 0.717) is 22.5 Å². The maximum absolute atomic E-state index is 13.0. The lowest BCUT2D eigenvalue weighted by Gasteiger charge is -2.31. The van der Waals surface area contributed by atoms with Gasteiger partial charge in [0.25, 0.3) is 5.91 Å². The van der Waals surface area contributed by atoms with Crippen molar-refractivity contribution in [3.8, 4) is 22.7 Å². The fourth-order valence-corrected chi connectivity index (χ4v) is 6.01. The minimum Gasteiger partial charge on any atom is -0.489 e. The Morgan fingerprint density at radius 1 is 1.07 bits per heavy atom. The van der Waals surface area contributed by atoms with E-state index in [1.165, 1.54) is 18.2 Å². The summed E-state index contributed by atoms with van der Waals surface area (Å²) < 4.78 is 7.94. The van der Waals surface area contributed by atoms with Crippen molar-refractivity contribution in [3.63, 3.8) is 0 Å². The summed E-state index contributed by atoms with van der Waals surface area (Å²) in [5.41, 5.74) is 4.48. The number of hydrogen-bond donors (Lipinski definition) is 0. The number of carbonyl (C=O) groups is 1. The van der Waals surface area contributed by atoms with E-state index in [9.17, 15) is 4.79 Å². The van der Waals surface area contributed by atoms with Crippen molar-refractivity contribution in [1.82, 2.24) is 14.7 Å². The van der Waals surface area contributed by atoms with Gasteiger partial charge in [-0.1, -0.05) is 61.0 Å². The molecular weight excluding hydrogens is 540 g/mol. The van der Waals surface area contributed by atoms with Gasteiger partial charge in [0.05, 0.1) is 10.6 Å². The molecule has 1 aromatic heterocycles. The number of benzene rings is 3. The van der Waals surface area contributed by atoms with Gasteiger partial charge in [-0.3, -0.25) is 4.79 Å². The normalized spacial score (nSPS) is 18.3. The van der Waals surface area contributed by atoms with Gasteiger partial charge in [0.15, 0.2) is 5.17 Å². The largest absolute Gasteiger partial charge is 0.489 e. The van der Waals surface area contributed by atoms with Crippen LogP contribution in [0.5, 0.6) is 5.75 Å². The quantitative estimate of drug-likeness (QED) is 0.226. The molecule has 0 N–H and O–H groups in total. The molecule has 3 aromatic carbocycles. The van der Waals surface area contributed by atoms with Crippen LogP contribution >= 0.6 is 23.4 Å². The highest BCUT2D eigenvalue weighted by Crippen LogP contribution is 2.35. The topological polar surface area (TPSA) is 59.7 Å². The van der Waals surface area contributed by atoms with Crippen molar-refractivity contribution < 1.29 is 9.53 Å². The standard InChI is InChI=1S/C32H29ClN4O2S/c1-22-7-6-16-36(19-22)32-34-31(38)29(40-32)18-25-20-37(27-9-3-2-4-10-27)35-30(25)24-8-5-11-28(17-24)39-21-23-12-14-26(33)15-13-23/h2-5,8-15,17-18,20,22H,6-7,16,19,21H2,1H3. The Balaban J connectivity index is 1.30. The molecule has 2 aliphatic heterocycles. The number of hydrogen-bond acceptors (Lipinski definition) is 5. The number of carbonyl (C=O) groups excluding carboxylic acids is 1. The number of aliphatic imine (C=N–C) groups is 1. The van der Waals surface area contributed by atoms with E-state index in [2.05, 4.69) is 16.8 Å². The van der Waals surface area contributed by atoms with Gasteiger partial charge in [-0.2, -0.15) is 10.1 Å². The minimum absolute atomic E-state index is 0.198. The molecule has 2 aliphatic rings.